The SMILES string of the molecule is Clc1cccc(Nc2ncnc3[nH]c(-c4cccc(/N=C/N5CCOCC5)c4)cc23)c1. The van der Waals surface area contributed by atoms with Gasteiger partial charge in [-0.15, -0.1) is 0 Å². The van der Waals surface area contributed by atoms with Crippen LogP contribution in [-0.4, -0.2) is 52.5 Å². The van der Waals surface area contributed by atoms with E-state index in [9.17, 15) is 0 Å². The maximum atomic E-state index is 6.10. The number of anilines is 2. The molecule has 0 saturated carbocycles. The van der Waals surface area contributed by atoms with Crippen LogP contribution in [0.25, 0.3) is 22.3 Å². The normalized spacial score (nSPS) is 14.4. The molecule has 1 fully saturated rings. The van der Waals surface area contributed by atoms with Crippen molar-refractivity contribution in [3.8, 4) is 11.3 Å². The number of nitrogens with one attached hydrogen (secondary N) is 2. The molecule has 2 N–H and O–H groups in total. The summed E-state index contributed by atoms with van der Waals surface area (Å²) < 4.78 is 5.38. The maximum absolute atomic E-state index is 6.10. The van der Waals surface area contributed by atoms with Gasteiger partial charge in [-0.25, -0.2) is 15.0 Å². The van der Waals surface area contributed by atoms with Crippen molar-refractivity contribution in [2.75, 3.05) is 31.6 Å². The second-order valence-corrected chi connectivity index (χ2v) is 7.68. The van der Waals surface area contributed by atoms with Gasteiger partial charge in [0.05, 0.1) is 30.6 Å². The zero-order valence-electron chi connectivity index (χ0n) is 16.8. The van der Waals surface area contributed by atoms with Crippen LogP contribution in [0.4, 0.5) is 17.2 Å². The quantitative estimate of drug-likeness (QED) is 0.342. The first kappa shape index (κ1) is 19.5. The fourth-order valence-corrected chi connectivity index (χ4v) is 3.68. The van der Waals surface area contributed by atoms with Crippen molar-refractivity contribution in [2.24, 2.45) is 4.99 Å². The van der Waals surface area contributed by atoms with Crippen LogP contribution in [0.15, 0.2) is 65.9 Å². The number of ether oxygens (including phenoxy) is 1. The molecule has 0 atom stereocenters. The maximum Gasteiger partial charge on any atom is 0.143 e. The Kier molecular flexibility index (Phi) is 5.52. The molecule has 0 aliphatic carbocycles. The van der Waals surface area contributed by atoms with Gasteiger partial charge >= 0.3 is 0 Å². The zero-order valence-corrected chi connectivity index (χ0v) is 17.5. The number of fused-ring (bicyclic) bond motifs is 1. The third-order valence-electron chi connectivity index (χ3n) is 5.09. The van der Waals surface area contributed by atoms with Crippen LogP contribution < -0.4 is 5.32 Å². The first-order valence-corrected chi connectivity index (χ1v) is 10.5. The number of aromatic nitrogens is 3. The van der Waals surface area contributed by atoms with Gasteiger partial charge in [0, 0.05) is 35.1 Å². The van der Waals surface area contributed by atoms with Crippen molar-refractivity contribution >= 4 is 46.2 Å². The lowest BCUT2D eigenvalue weighted by Crippen LogP contribution is -2.34. The number of aliphatic imine (C=N–C) groups is 1. The van der Waals surface area contributed by atoms with E-state index >= 15 is 0 Å². The Hall–Kier alpha value is -3.42. The molecule has 7 nitrogen and oxygen atoms in total. The van der Waals surface area contributed by atoms with E-state index in [1.54, 1.807) is 6.33 Å². The van der Waals surface area contributed by atoms with Crippen molar-refractivity contribution in [3.05, 3.63) is 65.9 Å². The molecule has 0 spiro atoms. The Balaban J connectivity index is 1.42. The van der Waals surface area contributed by atoms with Gasteiger partial charge in [0.15, 0.2) is 0 Å². The van der Waals surface area contributed by atoms with E-state index in [4.69, 9.17) is 16.3 Å². The minimum absolute atomic E-state index is 0.666. The first-order valence-electron chi connectivity index (χ1n) is 10.1. The smallest absolute Gasteiger partial charge is 0.143 e. The van der Waals surface area contributed by atoms with Crippen LogP contribution in [0.3, 0.4) is 0 Å². The monoisotopic (exact) mass is 432 g/mol. The number of halogens is 1. The predicted octanol–water partition coefficient (Wildman–Crippen LogP) is 5.01. The van der Waals surface area contributed by atoms with Gasteiger partial charge in [0.1, 0.15) is 17.8 Å². The van der Waals surface area contributed by atoms with E-state index in [1.807, 2.05) is 48.8 Å². The molecule has 31 heavy (non-hydrogen) atoms. The standard InChI is InChI=1S/C23H21ClN6O/c24-17-4-2-6-19(12-17)28-22-20-13-21(29-23(20)26-14-25-22)16-3-1-5-18(11-16)27-15-30-7-9-31-10-8-30/h1-6,11-15H,7-10H2,(H2,25,26,28,29)/b27-15+. The first-order chi connectivity index (χ1) is 15.2. The van der Waals surface area contributed by atoms with Crippen molar-refractivity contribution in [2.45, 2.75) is 0 Å². The minimum atomic E-state index is 0.666. The molecule has 0 radical (unpaired) electrons. The Morgan fingerprint density at radius 2 is 1.94 bits per heavy atom. The molecule has 1 aliphatic heterocycles. The van der Waals surface area contributed by atoms with E-state index in [-0.39, 0.29) is 0 Å². The Morgan fingerprint density at radius 1 is 1.06 bits per heavy atom. The van der Waals surface area contributed by atoms with E-state index in [0.717, 1.165) is 65.8 Å². The van der Waals surface area contributed by atoms with E-state index in [2.05, 4.69) is 42.3 Å². The fraction of sp³-hybridized carbons (Fsp3) is 0.174. The number of H-pyrrole nitrogens is 1. The highest BCUT2D eigenvalue weighted by atomic mass is 35.5. The molecule has 5 rings (SSSR count). The van der Waals surface area contributed by atoms with Gasteiger partial charge in [-0.3, -0.25) is 0 Å². The van der Waals surface area contributed by atoms with Crippen LogP contribution in [0, 0.1) is 0 Å². The van der Waals surface area contributed by atoms with Crippen LogP contribution in [-0.2, 0) is 4.74 Å². The summed E-state index contributed by atoms with van der Waals surface area (Å²) >= 11 is 6.10. The number of hydrogen-bond acceptors (Lipinski definition) is 5. The molecule has 1 saturated heterocycles. The summed E-state index contributed by atoms with van der Waals surface area (Å²) in [6.07, 6.45) is 3.43. The molecule has 156 valence electrons. The lowest BCUT2D eigenvalue weighted by Gasteiger charge is -2.24. The van der Waals surface area contributed by atoms with Crippen molar-refractivity contribution in [1.82, 2.24) is 19.9 Å². The van der Waals surface area contributed by atoms with E-state index < -0.39 is 0 Å². The highest BCUT2D eigenvalue weighted by molar-refractivity contribution is 6.30. The lowest BCUT2D eigenvalue weighted by molar-refractivity contribution is 0.0701. The van der Waals surface area contributed by atoms with Gasteiger partial charge in [0.25, 0.3) is 0 Å². The third-order valence-corrected chi connectivity index (χ3v) is 5.32. The molecular weight excluding hydrogens is 412 g/mol. The molecule has 1 aliphatic rings. The van der Waals surface area contributed by atoms with Gasteiger partial charge in [-0.05, 0) is 36.4 Å². The summed E-state index contributed by atoms with van der Waals surface area (Å²) in [7, 11) is 0. The van der Waals surface area contributed by atoms with Crippen molar-refractivity contribution in [1.29, 1.82) is 0 Å². The van der Waals surface area contributed by atoms with Crippen LogP contribution in [0.5, 0.6) is 0 Å². The molecule has 8 heteroatoms. The van der Waals surface area contributed by atoms with Gasteiger partial charge in [-0.2, -0.15) is 0 Å². The molecule has 0 bridgehead atoms. The molecule has 2 aromatic carbocycles. The second kappa shape index (κ2) is 8.75. The summed E-state index contributed by atoms with van der Waals surface area (Å²) in [6, 6.07) is 17.7. The third kappa shape index (κ3) is 4.52. The fourth-order valence-electron chi connectivity index (χ4n) is 3.49. The Bertz CT molecular complexity index is 1230. The topological polar surface area (TPSA) is 78.4 Å². The number of hydrogen-bond donors (Lipinski definition) is 2. The molecule has 0 amide bonds. The highest BCUT2D eigenvalue weighted by Gasteiger charge is 2.11. The van der Waals surface area contributed by atoms with Crippen LogP contribution >= 0.6 is 11.6 Å². The lowest BCUT2D eigenvalue weighted by atomic mass is 10.1. The second-order valence-electron chi connectivity index (χ2n) is 7.25. The molecular formula is C23H21ClN6O. The average molecular weight is 433 g/mol. The van der Waals surface area contributed by atoms with E-state index in [1.165, 1.54) is 0 Å². The molecule has 0 unspecified atom stereocenters. The minimum Gasteiger partial charge on any atom is -0.378 e. The summed E-state index contributed by atoms with van der Waals surface area (Å²) in [4.78, 5) is 19.0. The highest BCUT2D eigenvalue weighted by Crippen LogP contribution is 2.30. The van der Waals surface area contributed by atoms with Gasteiger partial charge < -0.3 is 19.9 Å². The van der Waals surface area contributed by atoms with E-state index in [0.29, 0.717) is 5.02 Å². The number of nitrogens with zero attached hydrogens (tertiary/aromatic N) is 4. The summed E-state index contributed by atoms with van der Waals surface area (Å²) in [5.41, 5.74) is 4.51. The molecule has 2 aromatic heterocycles. The molecule has 3 heterocycles. The molecule has 4 aromatic rings. The Morgan fingerprint density at radius 3 is 2.81 bits per heavy atom. The zero-order chi connectivity index (χ0) is 21.0. The average Bonchev–Trinajstić information content (AvgIpc) is 3.24. The number of morpholine rings is 1. The predicted molar refractivity (Wildman–Crippen MR) is 125 cm³/mol. The van der Waals surface area contributed by atoms with Crippen LogP contribution in [0.1, 0.15) is 0 Å². The van der Waals surface area contributed by atoms with Crippen molar-refractivity contribution < 1.29 is 4.74 Å². The number of benzene rings is 2. The Labute approximate surface area is 184 Å². The van der Waals surface area contributed by atoms with Gasteiger partial charge in [-0.1, -0.05) is 29.8 Å². The number of aromatic amines is 1. The van der Waals surface area contributed by atoms with Gasteiger partial charge in [0.2, 0.25) is 0 Å². The summed E-state index contributed by atoms with van der Waals surface area (Å²) in [6.45, 7) is 3.22. The summed E-state index contributed by atoms with van der Waals surface area (Å²) in [5, 5.41) is 4.89. The number of rotatable bonds is 5. The summed E-state index contributed by atoms with van der Waals surface area (Å²) in [5.74, 6) is 0.719. The van der Waals surface area contributed by atoms with Crippen LogP contribution in [0.2, 0.25) is 5.02 Å². The largest absolute Gasteiger partial charge is 0.378 e. The van der Waals surface area contributed by atoms with Crippen molar-refractivity contribution in [3.63, 3.8) is 0 Å².